The summed E-state index contributed by atoms with van der Waals surface area (Å²) in [5.74, 6) is -0.457. The van der Waals surface area contributed by atoms with E-state index in [1.807, 2.05) is 19.1 Å². The van der Waals surface area contributed by atoms with Crippen molar-refractivity contribution < 1.29 is 17.9 Å². The lowest BCUT2D eigenvalue weighted by molar-refractivity contribution is -0.118. The molecule has 1 N–H and O–H groups in total. The Balaban J connectivity index is 1.84. The van der Waals surface area contributed by atoms with Gasteiger partial charge in [0.15, 0.2) is 0 Å². The average molecular weight is 363 g/mol. The first kappa shape index (κ1) is 17.6. The SMILES string of the molecule is Cc1ccc(C2=NS(=O)(=O)N(C)C(C(=O)NC[C@H]3CCCO3)=C2)cc1. The Bertz CT molecular complexity index is 822. The number of amides is 1. The van der Waals surface area contributed by atoms with Crippen molar-refractivity contribution in [1.29, 1.82) is 0 Å². The molecule has 7 nitrogen and oxygen atoms in total. The van der Waals surface area contributed by atoms with Crippen LogP contribution >= 0.6 is 0 Å². The average Bonchev–Trinajstić information content (AvgIpc) is 3.09. The Morgan fingerprint density at radius 2 is 2.08 bits per heavy atom. The van der Waals surface area contributed by atoms with E-state index in [2.05, 4.69) is 9.71 Å². The molecule has 1 aromatic rings. The van der Waals surface area contributed by atoms with Gasteiger partial charge in [0, 0.05) is 25.8 Å². The topological polar surface area (TPSA) is 88.1 Å². The van der Waals surface area contributed by atoms with Gasteiger partial charge in [-0.2, -0.15) is 8.42 Å². The Morgan fingerprint density at radius 1 is 1.36 bits per heavy atom. The van der Waals surface area contributed by atoms with E-state index in [0.29, 0.717) is 18.7 Å². The van der Waals surface area contributed by atoms with Crippen LogP contribution in [0.1, 0.15) is 24.0 Å². The normalized spacial score (nSPS) is 22.3. The molecule has 0 aromatic heterocycles. The van der Waals surface area contributed by atoms with Crippen LogP contribution in [-0.2, 0) is 19.7 Å². The minimum absolute atomic E-state index is 0.0136. The predicted molar refractivity (Wildman–Crippen MR) is 94.5 cm³/mol. The fourth-order valence-electron chi connectivity index (χ4n) is 2.73. The number of hydrogen-bond donors (Lipinski definition) is 1. The highest BCUT2D eigenvalue weighted by atomic mass is 32.2. The van der Waals surface area contributed by atoms with Crippen molar-refractivity contribution in [3.8, 4) is 0 Å². The number of likely N-dealkylation sites (N-methyl/N-ethyl adjacent to an activating group) is 1. The van der Waals surface area contributed by atoms with Crippen LogP contribution in [0.4, 0.5) is 0 Å². The second-order valence-corrected chi connectivity index (χ2v) is 7.79. The van der Waals surface area contributed by atoms with Crippen LogP contribution in [0.25, 0.3) is 0 Å². The minimum atomic E-state index is -3.94. The smallest absolute Gasteiger partial charge is 0.345 e. The second-order valence-electron chi connectivity index (χ2n) is 6.16. The van der Waals surface area contributed by atoms with Gasteiger partial charge >= 0.3 is 10.2 Å². The van der Waals surface area contributed by atoms with Crippen LogP contribution in [0, 0.1) is 6.92 Å². The summed E-state index contributed by atoms with van der Waals surface area (Å²) < 4.78 is 34.8. The Morgan fingerprint density at radius 3 is 2.72 bits per heavy atom. The number of carbonyl (C=O) groups excluding carboxylic acids is 1. The van der Waals surface area contributed by atoms with Crippen LogP contribution in [0.2, 0.25) is 0 Å². The number of hydrogen-bond acceptors (Lipinski definition) is 4. The van der Waals surface area contributed by atoms with Crippen LogP contribution in [0.15, 0.2) is 40.4 Å². The van der Waals surface area contributed by atoms with Crippen molar-refractivity contribution in [1.82, 2.24) is 9.62 Å². The lowest BCUT2D eigenvalue weighted by Gasteiger charge is -2.24. The van der Waals surface area contributed by atoms with Gasteiger partial charge in [-0.15, -0.1) is 4.40 Å². The third-order valence-corrected chi connectivity index (χ3v) is 5.58. The molecule has 0 bridgehead atoms. The molecule has 1 amide bonds. The summed E-state index contributed by atoms with van der Waals surface area (Å²) in [7, 11) is -2.62. The lowest BCUT2D eigenvalue weighted by atomic mass is 10.1. The van der Waals surface area contributed by atoms with E-state index < -0.39 is 16.1 Å². The Labute approximate surface area is 147 Å². The molecular weight excluding hydrogens is 342 g/mol. The summed E-state index contributed by atoms with van der Waals surface area (Å²) in [6, 6.07) is 7.31. The fraction of sp³-hybridized carbons (Fsp3) is 0.412. The van der Waals surface area contributed by atoms with Gasteiger partial charge in [-0.1, -0.05) is 29.8 Å². The molecule has 0 spiro atoms. The van der Waals surface area contributed by atoms with Crippen molar-refractivity contribution in [3.05, 3.63) is 47.2 Å². The quantitative estimate of drug-likeness (QED) is 0.869. The molecular formula is C17H21N3O4S. The van der Waals surface area contributed by atoms with Gasteiger partial charge in [-0.25, -0.2) is 4.31 Å². The molecule has 1 saturated heterocycles. The molecule has 2 heterocycles. The zero-order chi connectivity index (χ0) is 18.0. The number of nitrogens with zero attached hydrogens (tertiary/aromatic N) is 2. The van der Waals surface area contributed by atoms with Crippen molar-refractivity contribution in [2.75, 3.05) is 20.2 Å². The highest BCUT2D eigenvalue weighted by molar-refractivity contribution is 7.88. The number of nitrogens with one attached hydrogen (secondary N) is 1. The largest absolute Gasteiger partial charge is 0.376 e. The third kappa shape index (κ3) is 3.91. The summed E-state index contributed by atoms with van der Waals surface area (Å²) >= 11 is 0. The standard InChI is InChI=1S/C17H21N3O4S/c1-12-5-7-13(8-6-12)15-10-16(20(2)25(22,23)19-15)17(21)18-11-14-4-3-9-24-14/h5-8,10,14H,3-4,9,11H2,1-2H3,(H,18,21)/t14-/m1/s1. The molecule has 2 aliphatic heterocycles. The Hall–Kier alpha value is -2.19. The zero-order valence-corrected chi connectivity index (χ0v) is 15.0. The molecule has 3 rings (SSSR count). The maximum absolute atomic E-state index is 12.5. The number of aryl methyl sites for hydroxylation is 1. The van der Waals surface area contributed by atoms with E-state index in [9.17, 15) is 13.2 Å². The molecule has 0 saturated carbocycles. The van der Waals surface area contributed by atoms with Gasteiger partial charge in [-0.05, 0) is 25.8 Å². The first-order valence-corrected chi connectivity index (χ1v) is 9.54. The molecule has 134 valence electrons. The summed E-state index contributed by atoms with van der Waals surface area (Å²) in [5.41, 5.74) is 1.99. The molecule has 0 unspecified atom stereocenters. The molecule has 1 aromatic carbocycles. The molecule has 2 aliphatic rings. The first-order chi connectivity index (χ1) is 11.9. The maximum atomic E-state index is 12.5. The summed E-state index contributed by atoms with van der Waals surface area (Å²) in [5, 5.41) is 2.75. The van der Waals surface area contributed by atoms with Crippen LogP contribution in [0.5, 0.6) is 0 Å². The van der Waals surface area contributed by atoms with Crippen LogP contribution in [0.3, 0.4) is 0 Å². The lowest BCUT2D eigenvalue weighted by Crippen LogP contribution is -2.40. The van der Waals surface area contributed by atoms with E-state index in [1.54, 1.807) is 12.1 Å². The van der Waals surface area contributed by atoms with Gasteiger partial charge in [0.2, 0.25) is 0 Å². The van der Waals surface area contributed by atoms with E-state index in [1.165, 1.54) is 13.1 Å². The van der Waals surface area contributed by atoms with Gasteiger partial charge < -0.3 is 10.1 Å². The number of rotatable bonds is 4. The minimum Gasteiger partial charge on any atom is -0.376 e. The van der Waals surface area contributed by atoms with Crippen molar-refractivity contribution in [2.45, 2.75) is 25.9 Å². The van der Waals surface area contributed by atoms with Crippen molar-refractivity contribution in [2.24, 2.45) is 4.40 Å². The summed E-state index contributed by atoms with van der Waals surface area (Å²) in [6.07, 6.45) is 3.35. The second kappa shape index (κ2) is 6.97. The monoisotopic (exact) mass is 363 g/mol. The zero-order valence-electron chi connectivity index (χ0n) is 14.2. The molecule has 0 radical (unpaired) electrons. The van der Waals surface area contributed by atoms with Crippen molar-refractivity contribution >= 4 is 21.8 Å². The third-order valence-electron chi connectivity index (χ3n) is 4.27. The molecule has 0 aliphatic carbocycles. The van der Waals surface area contributed by atoms with Gasteiger partial charge in [0.1, 0.15) is 5.70 Å². The number of carbonyl (C=O) groups is 1. The van der Waals surface area contributed by atoms with Crippen molar-refractivity contribution in [3.63, 3.8) is 0 Å². The fourth-order valence-corrected chi connectivity index (χ4v) is 3.64. The molecule has 8 heteroatoms. The van der Waals surface area contributed by atoms with E-state index in [4.69, 9.17) is 4.74 Å². The highest BCUT2D eigenvalue weighted by Crippen LogP contribution is 2.20. The van der Waals surface area contributed by atoms with E-state index in [-0.39, 0.29) is 17.5 Å². The maximum Gasteiger partial charge on any atom is 0.345 e. The van der Waals surface area contributed by atoms with Gasteiger partial charge in [-0.3, -0.25) is 4.79 Å². The van der Waals surface area contributed by atoms with Gasteiger partial charge in [0.05, 0.1) is 11.8 Å². The molecule has 1 fully saturated rings. The Kier molecular flexibility index (Phi) is 4.91. The number of ether oxygens (including phenoxy) is 1. The van der Waals surface area contributed by atoms with Crippen LogP contribution < -0.4 is 5.32 Å². The van der Waals surface area contributed by atoms with Crippen LogP contribution in [-0.4, -0.2) is 50.6 Å². The first-order valence-electron chi connectivity index (χ1n) is 8.14. The predicted octanol–water partition coefficient (Wildman–Crippen LogP) is 1.15. The summed E-state index contributed by atoms with van der Waals surface area (Å²) in [4.78, 5) is 12.5. The highest BCUT2D eigenvalue weighted by Gasteiger charge is 2.30. The van der Waals surface area contributed by atoms with Gasteiger partial charge in [0.25, 0.3) is 5.91 Å². The molecule has 1 atom stereocenters. The number of allylic oxidation sites excluding steroid dienone is 1. The molecule has 25 heavy (non-hydrogen) atoms. The number of benzene rings is 1. The summed E-state index contributed by atoms with van der Waals surface area (Å²) in [6.45, 7) is 3.00. The van der Waals surface area contributed by atoms with E-state index in [0.717, 1.165) is 22.7 Å². The van der Waals surface area contributed by atoms with E-state index >= 15 is 0 Å².